The molecule has 0 spiro atoms. The third-order valence-corrected chi connectivity index (χ3v) is 8.77. The number of phosphoric ester groups is 1. The van der Waals surface area contributed by atoms with Gasteiger partial charge in [0.05, 0.1) is 6.61 Å². The summed E-state index contributed by atoms with van der Waals surface area (Å²) >= 11 is 0. The van der Waals surface area contributed by atoms with Crippen LogP contribution in [0.4, 0.5) is 0 Å². The minimum Gasteiger partial charge on any atom is -0.462 e. The molecule has 0 fully saturated rings. The highest BCUT2D eigenvalue weighted by Gasteiger charge is 2.22. The fourth-order valence-corrected chi connectivity index (χ4v) is 5.79. The first-order chi connectivity index (χ1) is 22.3. The van der Waals surface area contributed by atoms with E-state index in [1.807, 2.05) is 0 Å². The molecule has 272 valence electrons. The second-order valence-electron chi connectivity index (χ2n) is 12.9. The Balaban J connectivity index is 3.78. The van der Waals surface area contributed by atoms with Crippen LogP contribution in [0.15, 0.2) is 12.2 Å². The zero-order valence-electron chi connectivity index (χ0n) is 29.7. The summed E-state index contributed by atoms with van der Waals surface area (Å²) in [4.78, 5) is 42.4. The van der Waals surface area contributed by atoms with Gasteiger partial charge in [0.15, 0.2) is 6.10 Å². The molecule has 0 aromatic rings. The molecule has 0 aliphatic carbocycles. The minimum atomic E-state index is -4.74. The zero-order valence-corrected chi connectivity index (χ0v) is 30.6. The lowest BCUT2D eigenvalue weighted by Gasteiger charge is -2.18. The third-order valence-electron chi connectivity index (χ3n) is 8.28. The number of hydrogen-bond donors (Lipinski definition) is 2. The van der Waals surface area contributed by atoms with Gasteiger partial charge in [0.2, 0.25) is 0 Å². The van der Waals surface area contributed by atoms with Crippen LogP contribution in [0.25, 0.3) is 0 Å². The van der Waals surface area contributed by atoms with E-state index >= 15 is 0 Å². The van der Waals surface area contributed by atoms with E-state index in [0.29, 0.717) is 6.42 Å². The van der Waals surface area contributed by atoms with E-state index < -0.39 is 32.5 Å². The second-order valence-corrected chi connectivity index (χ2v) is 14.1. The first kappa shape index (κ1) is 44.8. The molecule has 0 amide bonds. The Kier molecular flexibility index (Phi) is 32.8. The lowest BCUT2D eigenvalue weighted by molar-refractivity contribution is -0.161. The molecule has 0 radical (unpaired) electrons. The van der Waals surface area contributed by atoms with E-state index in [4.69, 9.17) is 19.3 Å². The normalized spacial score (nSPS) is 12.5. The predicted octanol–water partition coefficient (Wildman–Crippen LogP) is 11.1. The van der Waals surface area contributed by atoms with Crippen molar-refractivity contribution in [3.63, 3.8) is 0 Å². The second kappa shape index (κ2) is 33.7. The average Bonchev–Trinajstić information content (AvgIpc) is 3.02. The topological polar surface area (TPSA) is 119 Å². The number of allylic oxidation sites excluding steroid dienone is 2. The molecule has 0 saturated heterocycles. The quantitative estimate of drug-likeness (QED) is 0.0295. The Hall–Kier alpha value is -1.21. The molecule has 0 bridgehead atoms. The first-order valence-corrected chi connectivity index (χ1v) is 20.5. The predicted molar refractivity (Wildman–Crippen MR) is 189 cm³/mol. The molecule has 1 atom stereocenters. The third kappa shape index (κ3) is 35.6. The maximum Gasteiger partial charge on any atom is 0.469 e. The van der Waals surface area contributed by atoms with Gasteiger partial charge in [-0.25, -0.2) is 4.57 Å². The summed E-state index contributed by atoms with van der Waals surface area (Å²) in [7, 11) is -4.74. The van der Waals surface area contributed by atoms with E-state index in [-0.39, 0.29) is 19.4 Å². The molecule has 9 heteroatoms. The molecule has 0 aromatic carbocycles. The van der Waals surface area contributed by atoms with Crippen molar-refractivity contribution in [2.75, 3.05) is 13.2 Å². The molecule has 0 heterocycles. The zero-order chi connectivity index (χ0) is 34.0. The maximum absolute atomic E-state index is 12.2. The molecular weight excluding hydrogens is 603 g/mol. The number of esters is 2. The van der Waals surface area contributed by atoms with Gasteiger partial charge in [-0.2, -0.15) is 0 Å². The number of ether oxygens (including phenoxy) is 2. The Morgan fingerprint density at radius 1 is 0.543 bits per heavy atom. The monoisotopic (exact) mass is 674 g/mol. The van der Waals surface area contributed by atoms with Crippen LogP contribution in [0.3, 0.4) is 0 Å². The maximum atomic E-state index is 12.2. The van der Waals surface area contributed by atoms with Crippen molar-refractivity contribution in [2.24, 2.45) is 0 Å². The fraction of sp³-hybridized carbons (Fsp3) is 0.892. The molecule has 0 unspecified atom stereocenters. The SMILES string of the molecule is CCCCCCCC/C=C/CCCCCCCCCCCCCC(=O)OC[C@H](COP(=O)(O)O)OC(=O)CCCCCCCCC. The van der Waals surface area contributed by atoms with Crippen LogP contribution in [0.5, 0.6) is 0 Å². The first-order valence-electron chi connectivity index (χ1n) is 19.0. The van der Waals surface area contributed by atoms with E-state index in [2.05, 4.69) is 30.5 Å². The molecule has 2 N–H and O–H groups in total. The Bertz CT molecular complexity index is 766. The average molecular weight is 675 g/mol. The van der Waals surface area contributed by atoms with Crippen molar-refractivity contribution < 1.29 is 37.9 Å². The highest BCUT2D eigenvalue weighted by atomic mass is 31.2. The summed E-state index contributed by atoms with van der Waals surface area (Å²) in [6.07, 6.45) is 35.4. The summed E-state index contributed by atoms with van der Waals surface area (Å²) in [5.74, 6) is -0.886. The van der Waals surface area contributed by atoms with E-state index in [1.54, 1.807) is 0 Å². The molecule has 0 aromatic heterocycles. The van der Waals surface area contributed by atoms with Gasteiger partial charge < -0.3 is 19.3 Å². The van der Waals surface area contributed by atoms with Crippen LogP contribution >= 0.6 is 7.82 Å². The van der Waals surface area contributed by atoms with Crippen molar-refractivity contribution in [2.45, 2.75) is 200 Å². The van der Waals surface area contributed by atoms with Crippen LogP contribution < -0.4 is 0 Å². The van der Waals surface area contributed by atoms with Gasteiger partial charge in [0.25, 0.3) is 0 Å². The molecule has 8 nitrogen and oxygen atoms in total. The molecule has 0 saturated carbocycles. The van der Waals surface area contributed by atoms with Gasteiger partial charge in [-0.15, -0.1) is 0 Å². The number of rotatable bonds is 35. The van der Waals surface area contributed by atoms with Crippen LogP contribution in [0, 0.1) is 0 Å². The van der Waals surface area contributed by atoms with Gasteiger partial charge in [0, 0.05) is 12.8 Å². The number of hydrogen-bond acceptors (Lipinski definition) is 6. The van der Waals surface area contributed by atoms with E-state index in [0.717, 1.165) is 38.5 Å². The molecule has 46 heavy (non-hydrogen) atoms. The lowest BCUT2D eigenvalue weighted by Crippen LogP contribution is -2.29. The molecule has 0 rings (SSSR count). The van der Waals surface area contributed by atoms with Crippen molar-refractivity contribution in [1.82, 2.24) is 0 Å². The highest BCUT2D eigenvalue weighted by molar-refractivity contribution is 7.46. The van der Waals surface area contributed by atoms with Gasteiger partial charge >= 0.3 is 19.8 Å². The number of phosphoric acid groups is 1. The van der Waals surface area contributed by atoms with Crippen LogP contribution in [0.1, 0.15) is 194 Å². The Morgan fingerprint density at radius 2 is 0.913 bits per heavy atom. The van der Waals surface area contributed by atoms with Gasteiger partial charge in [-0.1, -0.05) is 154 Å². The molecule has 0 aliphatic heterocycles. The van der Waals surface area contributed by atoms with Crippen LogP contribution in [0.2, 0.25) is 0 Å². The van der Waals surface area contributed by atoms with Crippen LogP contribution in [-0.4, -0.2) is 41.0 Å². The van der Waals surface area contributed by atoms with Crippen molar-refractivity contribution in [3.05, 3.63) is 12.2 Å². The highest BCUT2D eigenvalue weighted by Crippen LogP contribution is 2.36. The van der Waals surface area contributed by atoms with Crippen molar-refractivity contribution >= 4 is 19.8 Å². The van der Waals surface area contributed by atoms with E-state index in [1.165, 1.54) is 122 Å². The summed E-state index contributed by atoms with van der Waals surface area (Å²) < 4.78 is 26.2. The Morgan fingerprint density at radius 3 is 1.33 bits per heavy atom. The van der Waals surface area contributed by atoms with Crippen molar-refractivity contribution in [3.8, 4) is 0 Å². The number of unbranched alkanes of at least 4 members (excludes halogenated alkanes) is 23. The van der Waals surface area contributed by atoms with Gasteiger partial charge in [0.1, 0.15) is 6.61 Å². The molecular formula is C37H71O8P. The summed E-state index contributed by atoms with van der Waals surface area (Å²) in [6.45, 7) is 3.62. The summed E-state index contributed by atoms with van der Waals surface area (Å²) in [5.41, 5.74) is 0. The van der Waals surface area contributed by atoms with E-state index in [9.17, 15) is 14.2 Å². The Labute approximate surface area is 282 Å². The van der Waals surface area contributed by atoms with Crippen molar-refractivity contribution in [1.29, 1.82) is 0 Å². The smallest absolute Gasteiger partial charge is 0.462 e. The summed E-state index contributed by atoms with van der Waals surface area (Å²) in [6, 6.07) is 0. The minimum absolute atomic E-state index is 0.214. The summed E-state index contributed by atoms with van der Waals surface area (Å²) in [5, 5.41) is 0. The van der Waals surface area contributed by atoms with Gasteiger partial charge in [-0.05, 0) is 38.5 Å². The van der Waals surface area contributed by atoms with Crippen LogP contribution in [-0.2, 0) is 28.2 Å². The largest absolute Gasteiger partial charge is 0.469 e. The number of carbonyl (C=O) groups is 2. The standard InChI is InChI=1S/C37H71O8P/c1-3-5-7-9-11-12-13-14-15-16-17-18-19-20-21-22-23-24-26-27-29-31-36(38)43-33-35(34-44-46(40,41)42)45-37(39)32-30-28-25-10-8-6-4-2/h14-15,35H,3-13,16-34H2,1-2H3,(H2,40,41,42)/b15-14+/t35-/m1/s1. The number of carbonyl (C=O) groups excluding carboxylic acids is 2. The fourth-order valence-electron chi connectivity index (χ4n) is 5.43. The molecule has 0 aliphatic rings. The lowest BCUT2D eigenvalue weighted by atomic mass is 10.0. The van der Waals surface area contributed by atoms with Gasteiger partial charge in [-0.3, -0.25) is 14.1 Å².